The molecule has 5 nitrogen and oxygen atoms in total. The molecule has 1 amide bonds. The van der Waals surface area contributed by atoms with Gasteiger partial charge in [-0.3, -0.25) is 9.78 Å². The summed E-state index contributed by atoms with van der Waals surface area (Å²) in [5.41, 5.74) is 5.14. The Labute approximate surface area is 171 Å². The van der Waals surface area contributed by atoms with Crippen molar-refractivity contribution in [1.82, 2.24) is 9.88 Å². The summed E-state index contributed by atoms with van der Waals surface area (Å²) < 4.78 is 5.27. The summed E-state index contributed by atoms with van der Waals surface area (Å²) in [5, 5.41) is 3.39. The molecule has 0 saturated heterocycles. The van der Waals surface area contributed by atoms with Crippen LogP contribution in [0.2, 0.25) is 0 Å². The second kappa shape index (κ2) is 8.78. The lowest BCUT2D eigenvalue weighted by molar-refractivity contribution is 0.0729. The number of ether oxygens (including phenoxy) is 1. The van der Waals surface area contributed by atoms with Gasteiger partial charge in [0.05, 0.1) is 7.11 Å². The van der Waals surface area contributed by atoms with Gasteiger partial charge in [-0.15, -0.1) is 0 Å². The molecule has 1 aliphatic heterocycles. The number of nitrogens with one attached hydrogen (secondary N) is 1. The van der Waals surface area contributed by atoms with Crippen molar-refractivity contribution in [3.8, 4) is 5.75 Å². The maximum absolute atomic E-state index is 12.9. The summed E-state index contributed by atoms with van der Waals surface area (Å²) in [6.07, 6.45) is 3.45. The Morgan fingerprint density at radius 2 is 1.97 bits per heavy atom. The molecule has 148 valence electrons. The van der Waals surface area contributed by atoms with Gasteiger partial charge in [-0.25, -0.2) is 0 Å². The number of pyridine rings is 1. The molecule has 3 aromatic rings. The second-order valence-corrected chi connectivity index (χ2v) is 7.20. The number of rotatable bonds is 6. The van der Waals surface area contributed by atoms with Crippen molar-refractivity contribution in [1.29, 1.82) is 0 Å². The minimum absolute atomic E-state index is 0.0176. The highest BCUT2D eigenvalue weighted by Crippen LogP contribution is 2.20. The third-order valence-electron chi connectivity index (χ3n) is 5.27. The first-order chi connectivity index (χ1) is 14.2. The van der Waals surface area contributed by atoms with Crippen molar-refractivity contribution in [2.75, 3.05) is 25.5 Å². The number of carbonyl (C=O) groups excluding carboxylic acids is 1. The van der Waals surface area contributed by atoms with E-state index >= 15 is 0 Å². The number of nitrogens with zero attached hydrogens (tertiary/aromatic N) is 2. The van der Waals surface area contributed by atoms with Crippen LogP contribution in [0.3, 0.4) is 0 Å². The molecule has 0 aliphatic carbocycles. The molecule has 5 heteroatoms. The normalized spacial score (nSPS) is 12.9. The van der Waals surface area contributed by atoms with Crippen molar-refractivity contribution in [3.63, 3.8) is 0 Å². The highest BCUT2D eigenvalue weighted by Gasteiger charge is 2.22. The third-order valence-corrected chi connectivity index (χ3v) is 5.27. The van der Waals surface area contributed by atoms with Crippen molar-refractivity contribution in [3.05, 3.63) is 89.2 Å². The molecule has 0 saturated carbocycles. The van der Waals surface area contributed by atoms with E-state index in [2.05, 4.69) is 34.6 Å². The van der Waals surface area contributed by atoms with Crippen molar-refractivity contribution in [2.45, 2.75) is 19.4 Å². The highest BCUT2D eigenvalue weighted by atomic mass is 16.5. The average molecular weight is 387 g/mol. The fourth-order valence-electron chi connectivity index (χ4n) is 3.67. The number of hydrogen-bond acceptors (Lipinski definition) is 4. The number of amides is 1. The quantitative estimate of drug-likeness (QED) is 0.696. The summed E-state index contributed by atoms with van der Waals surface area (Å²) in [4.78, 5) is 19.1. The number of hydrogen-bond donors (Lipinski definition) is 1. The minimum Gasteiger partial charge on any atom is -0.497 e. The lowest BCUT2D eigenvalue weighted by Gasteiger charge is -2.28. The van der Waals surface area contributed by atoms with Crippen molar-refractivity contribution >= 4 is 11.6 Å². The van der Waals surface area contributed by atoms with Crippen molar-refractivity contribution < 1.29 is 9.53 Å². The molecule has 1 aliphatic rings. The van der Waals surface area contributed by atoms with Crippen LogP contribution in [0, 0.1) is 0 Å². The first-order valence-electron chi connectivity index (χ1n) is 9.92. The van der Waals surface area contributed by atoms with Gasteiger partial charge in [0, 0.05) is 31.5 Å². The average Bonchev–Trinajstić information content (AvgIpc) is 2.78. The third kappa shape index (κ3) is 4.57. The number of aromatic nitrogens is 1. The summed E-state index contributed by atoms with van der Waals surface area (Å²) >= 11 is 0. The number of benzene rings is 2. The molecule has 1 aromatic heterocycles. The van der Waals surface area contributed by atoms with Crippen LogP contribution in [-0.2, 0) is 19.4 Å². The molecular weight excluding hydrogens is 362 g/mol. The topological polar surface area (TPSA) is 54.5 Å². The summed E-state index contributed by atoms with van der Waals surface area (Å²) in [6.45, 7) is 2.14. The zero-order chi connectivity index (χ0) is 20.1. The molecule has 2 aromatic carbocycles. The molecule has 0 fully saturated rings. The summed E-state index contributed by atoms with van der Waals surface area (Å²) in [7, 11) is 1.67. The number of carbonyl (C=O) groups is 1. The molecule has 0 bridgehead atoms. The van der Waals surface area contributed by atoms with Crippen LogP contribution >= 0.6 is 0 Å². The smallest absolute Gasteiger partial charge is 0.272 e. The Morgan fingerprint density at radius 3 is 2.83 bits per heavy atom. The Balaban J connectivity index is 1.37. The molecule has 0 spiro atoms. The van der Waals surface area contributed by atoms with Crippen LogP contribution < -0.4 is 10.1 Å². The molecule has 0 atom stereocenters. The van der Waals surface area contributed by atoms with E-state index in [1.165, 1.54) is 16.7 Å². The van der Waals surface area contributed by atoms with Crippen molar-refractivity contribution in [2.24, 2.45) is 0 Å². The van der Waals surface area contributed by atoms with E-state index in [0.29, 0.717) is 12.2 Å². The second-order valence-electron chi connectivity index (χ2n) is 7.20. The van der Waals surface area contributed by atoms with Crippen LogP contribution in [0.1, 0.15) is 27.2 Å². The molecule has 0 radical (unpaired) electrons. The van der Waals surface area contributed by atoms with Gasteiger partial charge in [0.1, 0.15) is 11.4 Å². The van der Waals surface area contributed by atoms with Crippen LogP contribution in [0.5, 0.6) is 5.75 Å². The van der Waals surface area contributed by atoms with E-state index in [0.717, 1.165) is 37.4 Å². The highest BCUT2D eigenvalue weighted by molar-refractivity contribution is 5.93. The summed E-state index contributed by atoms with van der Waals surface area (Å²) in [5.74, 6) is 0.846. The summed E-state index contributed by atoms with van der Waals surface area (Å²) in [6, 6.07) is 20.1. The van der Waals surface area contributed by atoms with Gasteiger partial charge >= 0.3 is 0 Å². The van der Waals surface area contributed by atoms with E-state index in [9.17, 15) is 4.79 Å². The van der Waals surface area contributed by atoms with E-state index < -0.39 is 0 Å². The van der Waals surface area contributed by atoms with Crippen LogP contribution in [0.4, 0.5) is 5.69 Å². The number of anilines is 1. The van der Waals surface area contributed by atoms with Crippen LogP contribution in [-0.4, -0.2) is 36.0 Å². The Hall–Kier alpha value is -3.34. The fourth-order valence-corrected chi connectivity index (χ4v) is 3.67. The number of methoxy groups -OCH3 is 1. The lowest BCUT2D eigenvalue weighted by atomic mass is 10.00. The Bertz CT molecular complexity index is 1000. The van der Waals surface area contributed by atoms with Crippen LogP contribution in [0.25, 0.3) is 0 Å². The first kappa shape index (κ1) is 19.0. The number of fused-ring (bicyclic) bond motifs is 1. The standard InChI is InChI=1S/C24H25N3O2/c1-29-22-8-4-5-18(15-22)9-12-25-21-10-13-26-23(16-21)24(28)27-14-11-19-6-2-3-7-20(19)17-27/h2-8,10,13,15-16H,9,11-12,14,17H2,1H3,(H,25,26). The minimum atomic E-state index is -0.0176. The van der Waals surface area contributed by atoms with E-state index in [4.69, 9.17) is 4.74 Å². The van der Waals surface area contributed by atoms with Gasteiger partial charge in [0.2, 0.25) is 0 Å². The fraction of sp³-hybridized carbons (Fsp3) is 0.250. The molecule has 2 heterocycles. The maximum Gasteiger partial charge on any atom is 0.272 e. The Morgan fingerprint density at radius 1 is 1.10 bits per heavy atom. The lowest BCUT2D eigenvalue weighted by Crippen LogP contribution is -2.36. The molecular formula is C24H25N3O2. The zero-order valence-corrected chi connectivity index (χ0v) is 16.6. The predicted molar refractivity (Wildman–Crippen MR) is 114 cm³/mol. The molecule has 1 N–H and O–H groups in total. The largest absolute Gasteiger partial charge is 0.497 e. The van der Waals surface area contributed by atoms with Crippen LogP contribution in [0.15, 0.2) is 66.9 Å². The molecule has 4 rings (SSSR count). The van der Waals surface area contributed by atoms with Gasteiger partial charge in [-0.05, 0) is 53.8 Å². The van der Waals surface area contributed by atoms with E-state index in [1.54, 1.807) is 13.3 Å². The molecule has 0 unspecified atom stereocenters. The van der Waals surface area contributed by atoms with E-state index in [1.807, 2.05) is 41.3 Å². The SMILES string of the molecule is COc1cccc(CCNc2ccnc(C(=O)N3CCc4ccccc4C3)c2)c1. The zero-order valence-electron chi connectivity index (χ0n) is 16.6. The first-order valence-corrected chi connectivity index (χ1v) is 9.92. The van der Waals surface area contributed by atoms with Gasteiger partial charge in [0.25, 0.3) is 5.91 Å². The monoisotopic (exact) mass is 387 g/mol. The van der Waals surface area contributed by atoms with E-state index in [-0.39, 0.29) is 5.91 Å². The van der Waals surface area contributed by atoms with Gasteiger partial charge < -0.3 is 15.0 Å². The molecule has 29 heavy (non-hydrogen) atoms. The Kier molecular flexibility index (Phi) is 5.75. The predicted octanol–water partition coefficient (Wildman–Crippen LogP) is 3.94. The van der Waals surface area contributed by atoms with Gasteiger partial charge in [-0.2, -0.15) is 0 Å². The maximum atomic E-state index is 12.9. The van der Waals surface area contributed by atoms with Gasteiger partial charge in [0.15, 0.2) is 0 Å². The van der Waals surface area contributed by atoms with Gasteiger partial charge in [-0.1, -0.05) is 36.4 Å².